The number of hydrogen-bond acceptors (Lipinski definition) is 2. The first-order valence-electron chi connectivity index (χ1n) is 7.99. The Balaban J connectivity index is 2.40. The fourth-order valence-electron chi connectivity index (χ4n) is 3.33. The zero-order valence-corrected chi connectivity index (χ0v) is 12.4. The Bertz CT molecular complexity index is 255. The van der Waals surface area contributed by atoms with E-state index in [2.05, 4.69) is 6.92 Å². The first-order chi connectivity index (χ1) is 9.14. The highest BCUT2D eigenvalue weighted by Crippen LogP contribution is 2.44. The van der Waals surface area contributed by atoms with Crippen LogP contribution in [0.1, 0.15) is 77.6 Å². The molecule has 1 fully saturated rings. The largest absolute Gasteiger partial charge is 0.481 e. The fraction of sp³-hybridized carbons (Fsp3) is 0.938. The van der Waals surface area contributed by atoms with Crippen molar-refractivity contribution in [3.05, 3.63) is 0 Å². The summed E-state index contributed by atoms with van der Waals surface area (Å²) in [6.07, 6.45) is 11.2. The quantitative estimate of drug-likeness (QED) is 0.623. The van der Waals surface area contributed by atoms with Gasteiger partial charge in [0.25, 0.3) is 0 Å². The van der Waals surface area contributed by atoms with Crippen molar-refractivity contribution in [3.63, 3.8) is 0 Å². The van der Waals surface area contributed by atoms with Crippen molar-refractivity contribution in [2.24, 2.45) is 11.3 Å². The van der Waals surface area contributed by atoms with E-state index < -0.39 is 11.4 Å². The van der Waals surface area contributed by atoms with Gasteiger partial charge in [-0.2, -0.15) is 0 Å². The minimum absolute atomic E-state index is 0.221. The van der Waals surface area contributed by atoms with Gasteiger partial charge in [0.05, 0.1) is 5.41 Å². The molecule has 0 saturated heterocycles. The van der Waals surface area contributed by atoms with Gasteiger partial charge in [-0.05, 0) is 44.4 Å². The number of aliphatic carboxylic acids is 1. The van der Waals surface area contributed by atoms with Gasteiger partial charge >= 0.3 is 5.97 Å². The molecular weight excluding hydrogens is 240 g/mol. The van der Waals surface area contributed by atoms with E-state index in [1.54, 1.807) is 0 Å². The van der Waals surface area contributed by atoms with Crippen LogP contribution in [0.25, 0.3) is 0 Å². The average molecular weight is 270 g/mol. The molecule has 3 nitrogen and oxygen atoms in total. The van der Waals surface area contributed by atoms with Gasteiger partial charge in [-0.1, -0.05) is 39.0 Å². The molecule has 0 amide bonds. The summed E-state index contributed by atoms with van der Waals surface area (Å²) in [4.78, 5) is 11.6. The second-order valence-corrected chi connectivity index (χ2v) is 6.21. The molecule has 3 heteroatoms. The Morgan fingerprint density at radius 3 is 2.37 bits per heavy atom. The second-order valence-electron chi connectivity index (χ2n) is 6.21. The van der Waals surface area contributed by atoms with Crippen molar-refractivity contribution in [3.8, 4) is 0 Å². The van der Waals surface area contributed by atoms with E-state index in [1.807, 2.05) is 0 Å². The van der Waals surface area contributed by atoms with Gasteiger partial charge in [-0.3, -0.25) is 4.79 Å². The van der Waals surface area contributed by atoms with Crippen LogP contribution < -0.4 is 0 Å². The van der Waals surface area contributed by atoms with E-state index in [0.717, 1.165) is 57.3 Å². The predicted octanol–water partition coefficient (Wildman–Crippen LogP) is 3.99. The van der Waals surface area contributed by atoms with E-state index >= 15 is 0 Å². The number of hydrogen-bond donors (Lipinski definition) is 2. The summed E-state index contributed by atoms with van der Waals surface area (Å²) < 4.78 is 0. The number of carboxylic acids is 1. The van der Waals surface area contributed by atoms with Gasteiger partial charge < -0.3 is 10.2 Å². The number of carbonyl (C=O) groups is 1. The molecule has 0 heterocycles. The Morgan fingerprint density at radius 2 is 1.84 bits per heavy atom. The summed E-state index contributed by atoms with van der Waals surface area (Å²) >= 11 is 0. The number of rotatable bonds is 9. The molecule has 1 aliphatic carbocycles. The molecule has 0 bridgehead atoms. The Kier molecular flexibility index (Phi) is 7.44. The lowest BCUT2D eigenvalue weighted by Crippen LogP contribution is -2.35. The molecule has 0 aromatic carbocycles. The van der Waals surface area contributed by atoms with E-state index in [0.29, 0.717) is 0 Å². The van der Waals surface area contributed by atoms with Crippen LogP contribution in [-0.2, 0) is 4.79 Å². The van der Waals surface area contributed by atoms with E-state index in [-0.39, 0.29) is 6.61 Å². The Morgan fingerprint density at radius 1 is 1.16 bits per heavy atom. The minimum atomic E-state index is -0.592. The van der Waals surface area contributed by atoms with Crippen LogP contribution in [0.2, 0.25) is 0 Å². The molecule has 112 valence electrons. The van der Waals surface area contributed by atoms with Crippen molar-refractivity contribution in [1.29, 1.82) is 0 Å². The van der Waals surface area contributed by atoms with Crippen molar-refractivity contribution in [2.45, 2.75) is 77.6 Å². The molecule has 0 unspecified atom stereocenters. The summed E-state index contributed by atoms with van der Waals surface area (Å²) in [5.41, 5.74) is -0.460. The predicted molar refractivity (Wildman–Crippen MR) is 77.1 cm³/mol. The van der Waals surface area contributed by atoms with Crippen LogP contribution in [0.4, 0.5) is 0 Å². The summed E-state index contributed by atoms with van der Waals surface area (Å²) in [7, 11) is 0. The molecule has 19 heavy (non-hydrogen) atoms. The first-order valence-corrected chi connectivity index (χ1v) is 7.99. The third-order valence-electron chi connectivity index (χ3n) is 4.80. The van der Waals surface area contributed by atoms with Crippen molar-refractivity contribution in [1.82, 2.24) is 0 Å². The third-order valence-corrected chi connectivity index (χ3v) is 4.80. The molecule has 0 aliphatic heterocycles. The average Bonchev–Trinajstić information content (AvgIpc) is 2.42. The summed E-state index contributed by atoms with van der Waals surface area (Å²) in [5, 5.41) is 18.3. The molecule has 0 atom stereocenters. The molecule has 0 radical (unpaired) electrons. The van der Waals surface area contributed by atoms with Gasteiger partial charge in [0.2, 0.25) is 0 Å². The highest BCUT2D eigenvalue weighted by Gasteiger charge is 2.40. The van der Waals surface area contributed by atoms with Gasteiger partial charge in [-0.25, -0.2) is 0 Å². The molecule has 2 N–H and O–H groups in total. The van der Waals surface area contributed by atoms with Crippen LogP contribution in [0, 0.1) is 11.3 Å². The molecule has 0 aromatic rings. The first kappa shape index (κ1) is 16.5. The fourth-order valence-corrected chi connectivity index (χ4v) is 3.33. The third kappa shape index (κ3) is 5.13. The smallest absolute Gasteiger partial charge is 0.309 e. The molecule has 1 aliphatic rings. The zero-order valence-electron chi connectivity index (χ0n) is 12.4. The molecule has 0 spiro atoms. The molecule has 1 rings (SSSR count). The maximum Gasteiger partial charge on any atom is 0.309 e. The number of aliphatic hydroxyl groups is 1. The van der Waals surface area contributed by atoms with Gasteiger partial charge in [0.15, 0.2) is 0 Å². The van der Waals surface area contributed by atoms with Crippen LogP contribution in [-0.4, -0.2) is 22.8 Å². The number of carboxylic acid groups (broad SMARTS) is 1. The number of unbranched alkanes of at least 4 members (excludes halogenated alkanes) is 3. The van der Waals surface area contributed by atoms with E-state index in [4.69, 9.17) is 5.11 Å². The Labute approximate surface area is 117 Å². The standard InChI is InChI=1S/C16H30O3/c1-2-3-7-14-8-11-16(12-9-14,15(18)19)10-5-4-6-13-17/h14,17H,2-13H2,1H3,(H,18,19). The normalized spacial score (nSPS) is 27.4. The summed E-state index contributed by atoms with van der Waals surface area (Å²) in [6.45, 7) is 2.44. The Hall–Kier alpha value is -0.570. The van der Waals surface area contributed by atoms with Crippen LogP contribution in [0.15, 0.2) is 0 Å². The van der Waals surface area contributed by atoms with Gasteiger partial charge in [0.1, 0.15) is 0 Å². The van der Waals surface area contributed by atoms with Gasteiger partial charge in [0, 0.05) is 6.61 Å². The lowest BCUT2D eigenvalue weighted by atomic mass is 9.67. The maximum atomic E-state index is 11.6. The summed E-state index contributed by atoms with van der Waals surface area (Å²) in [6, 6.07) is 0. The van der Waals surface area contributed by atoms with Crippen molar-refractivity contribution in [2.75, 3.05) is 6.61 Å². The van der Waals surface area contributed by atoms with Crippen molar-refractivity contribution < 1.29 is 15.0 Å². The van der Waals surface area contributed by atoms with Crippen molar-refractivity contribution >= 4 is 5.97 Å². The lowest BCUT2D eigenvalue weighted by molar-refractivity contribution is -0.152. The van der Waals surface area contributed by atoms with E-state index in [1.165, 1.54) is 19.3 Å². The van der Waals surface area contributed by atoms with E-state index in [9.17, 15) is 9.90 Å². The van der Waals surface area contributed by atoms with Crippen LogP contribution in [0.5, 0.6) is 0 Å². The number of aliphatic hydroxyl groups excluding tert-OH is 1. The monoisotopic (exact) mass is 270 g/mol. The highest BCUT2D eigenvalue weighted by atomic mass is 16.4. The molecule has 0 aromatic heterocycles. The highest BCUT2D eigenvalue weighted by molar-refractivity contribution is 5.74. The topological polar surface area (TPSA) is 57.5 Å². The summed E-state index contributed by atoms with van der Waals surface area (Å²) in [5.74, 6) is 0.162. The zero-order chi connectivity index (χ0) is 14.1. The minimum Gasteiger partial charge on any atom is -0.481 e. The van der Waals surface area contributed by atoms with Crippen LogP contribution in [0.3, 0.4) is 0 Å². The van der Waals surface area contributed by atoms with Gasteiger partial charge in [-0.15, -0.1) is 0 Å². The second kappa shape index (κ2) is 8.57. The van der Waals surface area contributed by atoms with Crippen LogP contribution >= 0.6 is 0 Å². The SMILES string of the molecule is CCCCC1CCC(CCCCCO)(C(=O)O)CC1. The molecule has 1 saturated carbocycles. The lowest BCUT2D eigenvalue weighted by Gasteiger charge is -2.37. The maximum absolute atomic E-state index is 11.6. The molecular formula is C16H30O3.